The third kappa shape index (κ3) is 2.81. The summed E-state index contributed by atoms with van der Waals surface area (Å²) < 4.78 is 29.7. The molecule has 1 aromatic heterocycles. The van der Waals surface area contributed by atoms with Gasteiger partial charge in [0, 0.05) is 25.4 Å². The van der Waals surface area contributed by atoms with Crippen LogP contribution in [0.3, 0.4) is 0 Å². The Bertz CT molecular complexity index is 541. The fraction of sp³-hybridized carbons (Fsp3) is 0.357. The first-order valence-corrected chi connectivity index (χ1v) is 6.38. The maximum absolute atomic E-state index is 14.1. The zero-order valence-corrected chi connectivity index (χ0v) is 11.1. The van der Waals surface area contributed by atoms with Gasteiger partial charge in [0.2, 0.25) is 0 Å². The van der Waals surface area contributed by atoms with Crippen LogP contribution in [0.4, 0.5) is 8.78 Å². The molecule has 1 aromatic carbocycles. The number of benzene rings is 1. The van der Waals surface area contributed by atoms with Crippen LogP contribution in [0, 0.1) is 11.6 Å². The summed E-state index contributed by atoms with van der Waals surface area (Å²) in [4.78, 5) is 4.08. The van der Waals surface area contributed by atoms with Crippen LogP contribution in [0.15, 0.2) is 24.5 Å². The molecule has 0 radical (unpaired) electrons. The second-order valence-electron chi connectivity index (χ2n) is 4.26. The van der Waals surface area contributed by atoms with Crippen LogP contribution in [0.1, 0.15) is 25.2 Å². The van der Waals surface area contributed by atoms with Crippen molar-refractivity contribution < 1.29 is 8.78 Å². The van der Waals surface area contributed by atoms with Crippen LogP contribution in [0.5, 0.6) is 0 Å². The lowest BCUT2D eigenvalue weighted by molar-refractivity contribution is 0.560. The first kappa shape index (κ1) is 13.7. The van der Waals surface area contributed by atoms with Crippen molar-refractivity contribution in [2.45, 2.75) is 26.8 Å². The highest BCUT2D eigenvalue weighted by atomic mass is 19.1. The van der Waals surface area contributed by atoms with Gasteiger partial charge >= 0.3 is 0 Å². The summed E-state index contributed by atoms with van der Waals surface area (Å²) in [7, 11) is 0. The molecule has 0 spiro atoms. The Morgan fingerprint density at radius 2 is 1.89 bits per heavy atom. The smallest absolute Gasteiger partial charge is 0.150 e. The molecule has 102 valence electrons. The summed E-state index contributed by atoms with van der Waals surface area (Å²) in [5, 5.41) is 3.04. The van der Waals surface area contributed by atoms with E-state index in [1.54, 1.807) is 12.4 Å². The number of aryl methyl sites for hydroxylation is 1. The molecule has 0 fully saturated rings. The number of nitrogens with one attached hydrogen (secondary N) is 1. The minimum absolute atomic E-state index is 0.0606. The van der Waals surface area contributed by atoms with Gasteiger partial charge in [0.25, 0.3) is 0 Å². The van der Waals surface area contributed by atoms with Crippen LogP contribution in [-0.2, 0) is 13.0 Å². The van der Waals surface area contributed by atoms with Crippen molar-refractivity contribution in [3.63, 3.8) is 0 Å². The maximum atomic E-state index is 14.1. The van der Waals surface area contributed by atoms with Crippen molar-refractivity contribution in [2.75, 3.05) is 6.54 Å². The Hall–Kier alpha value is -1.75. The Morgan fingerprint density at radius 1 is 1.21 bits per heavy atom. The highest BCUT2D eigenvalue weighted by molar-refractivity contribution is 5.39. The van der Waals surface area contributed by atoms with Crippen LogP contribution < -0.4 is 5.32 Å². The van der Waals surface area contributed by atoms with Gasteiger partial charge in [-0.15, -0.1) is 0 Å². The quantitative estimate of drug-likeness (QED) is 0.901. The van der Waals surface area contributed by atoms with E-state index in [2.05, 4.69) is 10.3 Å². The van der Waals surface area contributed by atoms with E-state index in [0.29, 0.717) is 24.4 Å². The second kappa shape index (κ2) is 5.93. The van der Waals surface area contributed by atoms with Crippen LogP contribution >= 0.6 is 0 Å². The third-order valence-corrected chi connectivity index (χ3v) is 2.93. The zero-order chi connectivity index (χ0) is 13.8. The number of imidazole rings is 1. The molecule has 0 saturated heterocycles. The Labute approximate surface area is 111 Å². The van der Waals surface area contributed by atoms with Gasteiger partial charge in [-0.05, 0) is 24.2 Å². The highest BCUT2D eigenvalue weighted by Crippen LogP contribution is 2.21. The molecular weight excluding hydrogens is 248 g/mol. The second-order valence-corrected chi connectivity index (χ2v) is 4.26. The van der Waals surface area contributed by atoms with Crippen molar-refractivity contribution in [3.8, 4) is 5.69 Å². The molecule has 0 atom stereocenters. The van der Waals surface area contributed by atoms with Crippen LogP contribution in [-0.4, -0.2) is 16.1 Å². The number of halogens is 2. The van der Waals surface area contributed by atoms with E-state index in [-0.39, 0.29) is 5.69 Å². The molecule has 1 N–H and O–H groups in total. The third-order valence-electron chi connectivity index (χ3n) is 2.93. The van der Waals surface area contributed by atoms with E-state index in [9.17, 15) is 8.78 Å². The summed E-state index contributed by atoms with van der Waals surface area (Å²) in [6, 6.07) is 2.72. The molecular formula is C14H17F2N3. The van der Waals surface area contributed by atoms with Crippen LogP contribution in [0.25, 0.3) is 5.69 Å². The summed E-state index contributed by atoms with van der Waals surface area (Å²) in [6.07, 6.45) is 3.74. The number of hydrogen-bond donors (Lipinski definition) is 1. The molecule has 0 aliphatic heterocycles. The van der Waals surface area contributed by atoms with Gasteiger partial charge in [0.05, 0.1) is 0 Å². The van der Waals surface area contributed by atoms with E-state index in [1.807, 2.05) is 13.8 Å². The van der Waals surface area contributed by atoms with Gasteiger partial charge in [0.1, 0.15) is 11.5 Å². The predicted molar refractivity (Wildman–Crippen MR) is 70.2 cm³/mol. The molecule has 3 nitrogen and oxygen atoms in total. The van der Waals surface area contributed by atoms with Gasteiger partial charge in [-0.1, -0.05) is 13.8 Å². The molecule has 19 heavy (non-hydrogen) atoms. The molecule has 2 aromatic rings. The largest absolute Gasteiger partial charge is 0.313 e. The molecule has 2 rings (SSSR count). The van der Waals surface area contributed by atoms with Crippen molar-refractivity contribution in [3.05, 3.63) is 47.5 Å². The summed E-state index contributed by atoms with van der Waals surface area (Å²) >= 11 is 0. The fourth-order valence-electron chi connectivity index (χ4n) is 2.02. The van der Waals surface area contributed by atoms with E-state index >= 15 is 0 Å². The Kier molecular flexibility index (Phi) is 4.27. The van der Waals surface area contributed by atoms with Crippen molar-refractivity contribution in [1.82, 2.24) is 14.9 Å². The molecule has 0 aliphatic carbocycles. The minimum atomic E-state index is -0.569. The predicted octanol–water partition coefficient (Wildman–Crippen LogP) is 2.82. The molecule has 1 heterocycles. The van der Waals surface area contributed by atoms with Crippen molar-refractivity contribution in [1.29, 1.82) is 0 Å². The normalized spacial score (nSPS) is 10.9. The summed E-state index contributed by atoms with van der Waals surface area (Å²) in [5.41, 5.74) is 0.536. The van der Waals surface area contributed by atoms with E-state index in [1.165, 1.54) is 16.7 Å². The number of aromatic nitrogens is 2. The molecule has 5 heteroatoms. The highest BCUT2D eigenvalue weighted by Gasteiger charge is 2.15. The standard InChI is InChI=1S/C14H17F2N3/c1-3-13-18-5-6-19(13)14-11(15)7-10(8-12(14)16)9-17-4-2/h5-8,17H,3-4,9H2,1-2H3. The van der Waals surface area contributed by atoms with Gasteiger partial charge in [-0.3, -0.25) is 4.57 Å². The van der Waals surface area contributed by atoms with E-state index in [4.69, 9.17) is 0 Å². The number of rotatable bonds is 5. The lowest BCUT2D eigenvalue weighted by Gasteiger charge is -2.11. The minimum Gasteiger partial charge on any atom is -0.313 e. The summed E-state index contributed by atoms with van der Waals surface area (Å²) in [6.45, 7) is 5.05. The Morgan fingerprint density at radius 3 is 2.47 bits per heavy atom. The lowest BCUT2D eigenvalue weighted by Crippen LogP contribution is -2.13. The summed E-state index contributed by atoms with van der Waals surface area (Å²) in [5.74, 6) is -0.501. The topological polar surface area (TPSA) is 29.9 Å². The average Bonchev–Trinajstić information content (AvgIpc) is 2.83. The molecule has 0 aliphatic rings. The Balaban J connectivity index is 2.42. The van der Waals surface area contributed by atoms with E-state index < -0.39 is 11.6 Å². The molecule has 0 saturated carbocycles. The zero-order valence-electron chi connectivity index (χ0n) is 11.1. The van der Waals surface area contributed by atoms with Gasteiger partial charge < -0.3 is 5.32 Å². The molecule has 0 bridgehead atoms. The first-order valence-electron chi connectivity index (χ1n) is 6.38. The van der Waals surface area contributed by atoms with Crippen molar-refractivity contribution >= 4 is 0 Å². The average molecular weight is 265 g/mol. The molecule has 0 unspecified atom stereocenters. The SMILES string of the molecule is CCNCc1cc(F)c(-n2ccnc2CC)c(F)c1. The maximum Gasteiger partial charge on any atom is 0.150 e. The number of nitrogens with zero attached hydrogens (tertiary/aromatic N) is 2. The number of hydrogen-bond acceptors (Lipinski definition) is 2. The van der Waals surface area contributed by atoms with Crippen LogP contribution in [0.2, 0.25) is 0 Å². The van der Waals surface area contributed by atoms with Gasteiger partial charge in [0.15, 0.2) is 11.6 Å². The lowest BCUT2D eigenvalue weighted by atomic mass is 10.1. The van der Waals surface area contributed by atoms with Gasteiger partial charge in [-0.2, -0.15) is 0 Å². The molecule has 0 amide bonds. The fourth-order valence-corrected chi connectivity index (χ4v) is 2.02. The first-order chi connectivity index (χ1) is 9.17. The van der Waals surface area contributed by atoms with Gasteiger partial charge in [-0.25, -0.2) is 13.8 Å². The monoisotopic (exact) mass is 265 g/mol. The van der Waals surface area contributed by atoms with Crippen molar-refractivity contribution in [2.24, 2.45) is 0 Å². The van der Waals surface area contributed by atoms with E-state index in [0.717, 1.165) is 6.54 Å².